The van der Waals surface area contributed by atoms with Crippen molar-refractivity contribution < 1.29 is 18.7 Å². The summed E-state index contributed by atoms with van der Waals surface area (Å²) < 4.78 is 11.5. The molecule has 3 N–H and O–H groups in total. The van der Waals surface area contributed by atoms with Crippen molar-refractivity contribution in [2.45, 2.75) is 13.8 Å². The van der Waals surface area contributed by atoms with Crippen LogP contribution in [0.4, 0.5) is 0 Å². The molecule has 2 amide bonds. The molecule has 0 radical (unpaired) electrons. The molecule has 27 heavy (non-hydrogen) atoms. The zero-order valence-electron chi connectivity index (χ0n) is 14.7. The Hall–Kier alpha value is -2.65. The number of nitrogens with one attached hydrogen (secondary N) is 3. The molecule has 0 atom stereocenters. The van der Waals surface area contributed by atoms with Gasteiger partial charge >= 0.3 is 0 Å². The van der Waals surface area contributed by atoms with Crippen molar-refractivity contribution in [3.8, 4) is 5.75 Å². The number of rotatable bonds is 5. The Balaban J connectivity index is 1.70. The Morgan fingerprint density at radius 2 is 2.00 bits per heavy atom. The summed E-state index contributed by atoms with van der Waals surface area (Å²) in [5, 5.41) is 2.34. The fraction of sp³-hybridized carbons (Fsp3) is 0.167. The van der Waals surface area contributed by atoms with Gasteiger partial charge in [0.1, 0.15) is 17.3 Å². The third kappa shape index (κ3) is 7.24. The molecule has 0 bridgehead atoms. The highest BCUT2D eigenvalue weighted by molar-refractivity contribution is 9.10. The van der Waals surface area contributed by atoms with E-state index in [-0.39, 0.29) is 11.7 Å². The second-order valence-electron chi connectivity index (χ2n) is 5.50. The minimum atomic E-state index is -0.462. The van der Waals surface area contributed by atoms with Gasteiger partial charge in [0.15, 0.2) is 11.7 Å². The maximum Gasteiger partial charge on any atom is 0.276 e. The fourth-order valence-corrected chi connectivity index (χ4v) is 2.67. The van der Waals surface area contributed by atoms with Crippen LogP contribution in [0.25, 0.3) is 6.08 Å². The minimum Gasteiger partial charge on any atom is -0.483 e. The molecule has 0 spiro atoms. The van der Waals surface area contributed by atoms with E-state index < -0.39 is 11.8 Å². The number of hydrogen-bond donors (Lipinski definition) is 3. The first-order valence-corrected chi connectivity index (χ1v) is 9.07. The molecule has 2 aromatic rings. The Labute approximate surface area is 170 Å². The topological polar surface area (TPSA) is 92.6 Å². The van der Waals surface area contributed by atoms with Crippen LogP contribution in [0.5, 0.6) is 5.75 Å². The van der Waals surface area contributed by atoms with Gasteiger partial charge in [-0.25, -0.2) is 0 Å². The molecular weight excluding hydrogens is 434 g/mol. The number of carbonyl (C=O) groups excluding carboxylic acids is 2. The Morgan fingerprint density at radius 1 is 1.22 bits per heavy atom. The van der Waals surface area contributed by atoms with E-state index in [1.54, 1.807) is 25.1 Å². The number of aryl methyl sites for hydroxylation is 2. The van der Waals surface area contributed by atoms with E-state index in [9.17, 15) is 9.59 Å². The first kappa shape index (κ1) is 20.7. The van der Waals surface area contributed by atoms with Crippen molar-refractivity contribution in [2.75, 3.05) is 6.61 Å². The first-order chi connectivity index (χ1) is 12.8. The third-order valence-corrected chi connectivity index (χ3v) is 3.98. The number of benzene rings is 1. The molecule has 7 nitrogen and oxygen atoms in total. The summed E-state index contributed by atoms with van der Waals surface area (Å²) in [4.78, 5) is 23.5. The molecule has 0 unspecified atom stereocenters. The highest BCUT2D eigenvalue weighted by Crippen LogP contribution is 2.25. The number of thiocarbonyl (C=S) groups is 1. The van der Waals surface area contributed by atoms with Gasteiger partial charge < -0.3 is 9.15 Å². The van der Waals surface area contributed by atoms with Crippen LogP contribution in [0.1, 0.15) is 17.1 Å². The summed E-state index contributed by atoms with van der Waals surface area (Å²) >= 11 is 8.30. The van der Waals surface area contributed by atoms with Crippen molar-refractivity contribution in [3.63, 3.8) is 0 Å². The molecule has 0 aliphatic heterocycles. The highest BCUT2D eigenvalue weighted by Gasteiger charge is 2.07. The number of halogens is 1. The summed E-state index contributed by atoms with van der Waals surface area (Å²) in [6.45, 7) is 3.54. The zero-order chi connectivity index (χ0) is 19.8. The average molecular weight is 452 g/mol. The second kappa shape index (κ2) is 9.89. The van der Waals surface area contributed by atoms with Crippen molar-refractivity contribution >= 4 is 51.2 Å². The van der Waals surface area contributed by atoms with Crippen molar-refractivity contribution in [1.82, 2.24) is 16.2 Å². The van der Waals surface area contributed by atoms with E-state index in [0.29, 0.717) is 11.5 Å². The van der Waals surface area contributed by atoms with Gasteiger partial charge in [-0.05, 0) is 77.9 Å². The van der Waals surface area contributed by atoms with E-state index in [1.165, 1.54) is 12.2 Å². The van der Waals surface area contributed by atoms with Crippen molar-refractivity contribution in [2.24, 2.45) is 0 Å². The largest absolute Gasteiger partial charge is 0.483 e. The van der Waals surface area contributed by atoms with Gasteiger partial charge in [-0.3, -0.25) is 25.8 Å². The summed E-state index contributed by atoms with van der Waals surface area (Å²) in [6, 6.07) is 9.04. The molecular formula is C18H18BrN3O4S. The van der Waals surface area contributed by atoms with E-state index in [2.05, 4.69) is 32.1 Å². The van der Waals surface area contributed by atoms with Crippen molar-refractivity contribution in [1.29, 1.82) is 0 Å². The third-order valence-electron chi connectivity index (χ3n) is 3.16. The number of furan rings is 1. The lowest BCUT2D eigenvalue weighted by Crippen LogP contribution is -2.49. The molecule has 9 heteroatoms. The van der Waals surface area contributed by atoms with Gasteiger partial charge in [0.05, 0.1) is 4.47 Å². The number of hydrazine groups is 1. The van der Waals surface area contributed by atoms with Crippen LogP contribution in [-0.4, -0.2) is 23.5 Å². The predicted octanol–water partition coefficient (Wildman–Crippen LogP) is 2.77. The maximum absolute atomic E-state index is 11.8. The van der Waals surface area contributed by atoms with Gasteiger partial charge in [-0.15, -0.1) is 0 Å². The standard InChI is InChI=1S/C18H18BrN3O4S/c1-11-3-7-15(14(19)9-11)25-10-17(24)21-22-18(27)20-16(23)8-6-13-5-4-12(2)26-13/h3-9H,10H2,1-2H3,(H,21,24)(H2,20,22,23,27). The van der Waals surface area contributed by atoms with Crippen LogP contribution >= 0.6 is 28.1 Å². The first-order valence-electron chi connectivity index (χ1n) is 7.87. The quantitative estimate of drug-likeness (QED) is 0.367. The molecule has 2 rings (SSSR count). The molecule has 0 aliphatic carbocycles. The normalized spacial score (nSPS) is 10.5. The van der Waals surface area contributed by atoms with Gasteiger partial charge in [-0.2, -0.15) is 0 Å². The smallest absolute Gasteiger partial charge is 0.276 e. The second-order valence-corrected chi connectivity index (χ2v) is 6.76. The number of ether oxygens (including phenoxy) is 1. The molecule has 1 heterocycles. The van der Waals surface area contributed by atoms with Crippen LogP contribution in [0, 0.1) is 13.8 Å². The van der Waals surface area contributed by atoms with Crippen LogP contribution in [0.15, 0.2) is 45.3 Å². The van der Waals surface area contributed by atoms with Gasteiger partial charge in [0.25, 0.3) is 5.91 Å². The summed E-state index contributed by atoms with van der Waals surface area (Å²) in [7, 11) is 0. The molecule has 1 aromatic carbocycles. The molecule has 0 fully saturated rings. The summed E-state index contributed by atoms with van der Waals surface area (Å²) in [5.74, 6) is 0.922. The maximum atomic E-state index is 11.8. The average Bonchev–Trinajstić information content (AvgIpc) is 3.03. The summed E-state index contributed by atoms with van der Waals surface area (Å²) in [6.07, 6.45) is 2.78. The molecule has 142 valence electrons. The van der Waals surface area contributed by atoms with Crippen LogP contribution in [-0.2, 0) is 9.59 Å². The minimum absolute atomic E-state index is 0.0508. The molecule has 0 saturated heterocycles. The van der Waals surface area contributed by atoms with Crippen LogP contribution < -0.4 is 20.9 Å². The summed E-state index contributed by atoms with van der Waals surface area (Å²) in [5.41, 5.74) is 5.83. The Bertz CT molecular complexity index is 879. The molecule has 1 aromatic heterocycles. The lowest BCUT2D eigenvalue weighted by molar-refractivity contribution is -0.123. The molecule has 0 aliphatic rings. The van der Waals surface area contributed by atoms with Gasteiger partial charge in [0.2, 0.25) is 5.91 Å². The number of hydrogen-bond acceptors (Lipinski definition) is 5. The zero-order valence-corrected chi connectivity index (χ0v) is 17.1. The fourth-order valence-electron chi connectivity index (χ4n) is 1.91. The number of carbonyl (C=O) groups is 2. The Kier molecular flexibility index (Phi) is 7.56. The SMILES string of the molecule is Cc1ccc(OCC(=O)NNC(=S)NC(=O)C=Cc2ccc(C)o2)c(Br)c1. The Morgan fingerprint density at radius 3 is 2.67 bits per heavy atom. The number of amides is 2. The van der Waals surface area contributed by atoms with Gasteiger partial charge in [-0.1, -0.05) is 6.07 Å². The predicted molar refractivity (Wildman–Crippen MR) is 109 cm³/mol. The highest BCUT2D eigenvalue weighted by atomic mass is 79.9. The molecule has 0 saturated carbocycles. The van der Waals surface area contributed by atoms with Crippen molar-refractivity contribution in [3.05, 3.63) is 58.0 Å². The van der Waals surface area contributed by atoms with Crippen LogP contribution in [0.2, 0.25) is 0 Å². The lowest BCUT2D eigenvalue weighted by atomic mass is 10.2. The monoisotopic (exact) mass is 451 g/mol. The van der Waals surface area contributed by atoms with Crippen LogP contribution in [0.3, 0.4) is 0 Å². The van der Waals surface area contributed by atoms with E-state index in [4.69, 9.17) is 21.4 Å². The van der Waals surface area contributed by atoms with E-state index >= 15 is 0 Å². The lowest BCUT2D eigenvalue weighted by Gasteiger charge is -2.11. The van der Waals surface area contributed by atoms with E-state index in [1.807, 2.05) is 19.1 Å². The van der Waals surface area contributed by atoms with E-state index in [0.717, 1.165) is 15.8 Å². The van der Waals surface area contributed by atoms with Gasteiger partial charge in [0, 0.05) is 6.08 Å².